The molecule has 1 aliphatic rings. The number of hydrogen-bond donors (Lipinski definition) is 1. The van der Waals surface area contributed by atoms with Crippen LogP contribution in [0.2, 0.25) is 0 Å². The average Bonchev–Trinajstić information content (AvgIpc) is 2.62. The number of aryl methyl sites for hydroxylation is 1. The zero-order chi connectivity index (χ0) is 20.4. The largest absolute Gasteiger partial charge is 0.618 e. The number of halogens is 1. The van der Waals surface area contributed by atoms with Crippen LogP contribution in [0.4, 0.5) is 4.39 Å². The van der Waals surface area contributed by atoms with Gasteiger partial charge in [0.05, 0.1) is 18.1 Å². The highest BCUT2D eigenvalue weighted by molar-refractivity contribution is 5.77. The number of aromatic nitrogens is 1. The van der Waals surface area contributed by atoms with Gasteiger partial charge in [-0.1, -0.05) is 26.0 Å². The number of benzene rings is 1. The molecule has 0 amide bonds. The first-order valence-electron chi connectivity index (χ1n) is 9.35. The van der Waals surface area contributed by atoms with E-state index in [1.807, 2.05) is 13.8 Å². The number of ether oxygens (including phenoxy) is 1. The van der Waals surface area contributed by atoms with E-state index in [1.54, 1.807) is 37.3 Å². The molecule has 0 radical (unpaired) electrons. The lowest BCUT2D eigenvalue weighted by Crippen LogP contribution is -2.37. The molecular weight excluding hydrogens is 361 g/mol. The van der Waals surface area contributed by atoms with E-state index in [4.69, 9.17) is 4.74 Å². The van der Waals surface area contributed by atoms with Gasteiger partial charge in [0.1, 0.15) is 11.9 Å². The van der Waals surface area contributed by atoms with E-state index in [0.717, 1.165) is 15.9 Å². The predicted octanol–water partition coefficient (Wildman–Crippen LogP) is 3.64. The van der Waals surface area contributed by atoms with Crippen molar-refractivity contribution in [3.63, 3.8) is 0 Å². The van der Waals surface area contributed by atoms with Crippen molar-refractivity contribution in [2.45, 2.75) is 51.7 Å². The molecule has 2 aromatic rings. The number of rotatable bonds is 4. The second kappa shape index (κ2) is 8.10. The Hall–Kier alpha value is -2.73. The Morgan fingerprint density at radius 2 is 2.00 bits per heavy atom. The summed E-state index contributed by atoms with van der Waals surface area (Å²) >= 11 is 0. The van der Waals surface area contributed by atoms with E-state index < -0.39 is 18.2 Å². The van der Waals surface area contributed by atoms with Gasteiger partial charge in [-0.2, -0.15) is 4.73 Å². The molecule has 0 bridgehead atoms. The molecule has 148 valence electrons. The molecule has 28 heavy (non-hydrogen) atoms. The molecule has 0 saturated carbocycles. The smallest absolute Gasteiger partial charge is 0.309 e. The van der Waals surface area contributed by atoms with Gasteiger partial charge >= 0.3 is 5.97 Å². The summed E-state index contributed by atoms with van der Waals surface area (Å²) in [6.07, 6.45) is 2.47. The van der Waals surface area contributed by atoms with Gasteiger partial charge in [0.15, 0.2) is 5.69 Å². The van der Waals surface area contributed by atoms with Crippen LogP contribution in [0.1, 0.15) is 49.6 Å². The minimum atomic E-state index is -0.737. The molecule has 0 unspecified atom stereocenters. The van der Waals surface area contributed by atoms with Crippen molar-refractivity contribution in [3.8, 4) is 11.1 Å². The average molecular weight is 385 g/mol. The second-order valence-electron chi connectivity index (χ2n) is 7.44. The lowest BCUT2D eigenvalue weighted by atomic mass is 9.92. The van der Waals surface area contributed by atoms with Crippen LogP contribution in [0, 0.1) is 17.9 Å². The maximum Gasteiger partial charge on any atom is 0.309 e. The predicted molar refractivity (Wildman–Crippen MR) is 104 cm³/mol. The Morgan fingerprint density at radius 3 is 2.61 bits per heavy atom. The highest BCUT2D eigenvalue weighted by Gasteiger charge is 2.27. The molecule has 0 spiro atoms. The van der Waals surface area contributed by atoms with Crippen LogP contribution in [-0.4, -0.2) is 23.3 Å². The molecule has 1 aromatic heterocycles. The van der Waals surface area contributed by atoms with Crippen molar-refractivity contribution < 1.29 is 23.8 Å². The van der Waals surface area contributed by atoms with E-state index in [9.17, 15) is 19.5 Å². The number of esters is 1. The summed E-state index contributed by atoms with van der Waals surface area (Å²) in [5.74, 6) is -0.839. The third-order valence-electron chi connectivity index (χ3n) is 4.83. The van der Waals surface area contributed by atoms with Crippen LogP contribution in [0.5, 0.6) is 0 Å². The minimum absolute atomic E-state index is 0.00644. The fraction of sp³-hybridized carbons (Fsp3) is 0.364. The SMILES string of the molecule is Cc1cc(-c2ccc(F)cc2)c(/C=C/[C@@H]2C[C@@H](O)CC(=O)O2)c(C(C)C)[n+]1[O-]. The van der Waals surface area contributed by atoms with Crippen LogP contribution in [0.15, 0.2) is 36.4 Å². The zero-order valence-electron chi connectivity index (χ0n) is 16.2. The molecule has 1 aliphatic heterocycles. The summed E-state index contributed by atoms with van der Waals surface area (Å²) in [6.45, 7) is 5.59. The maximum atomic E-state index is 13.4. The molecule has 1 saturated heterocycles. The van der Waals surface area contributed by atoms with E-state index >= 15 is 0 Å². The Bertz CT molecular complexity index is 906. The molecule has 6 heteroatoms. The van der Waals surface area contributed by atoms with Gasteiger partial charge in [-0.15, -0.1) is 0 Å². The van der Waals surface area contributed by atoms with E-state index in [1.165, 1.54) is 12.1 Å². The van der Waals surface area contributed by atoms with Crippen LogP contribution in [-0.2, 0) is 9.53 Å². The molecule has 1 fully saturated rings. The van der Waals surface area contributed by atoms with Crippen molar-refractivity contribution in [3.05, 3.63) is 64.4 Å². The monoisotopic (exact) mass is 385 g/mol. The third-order valence-corrected chi connectivity index (χ3v) is 4.83. The van der Waals surface area contributed by atoms with Crippen LogP contribution < -0.4 is 4.73 Å². The number of pyridine rings is 1. The van der Waals surface area contributed by atoms with Crippen molar-refractivity contribution in [2.75, 3.05) is 0 Å². The molecule has 1 aromatic carbocycles. The van der Waals surface area contributed by atoms with Crippen molar-refractivity contribution in [1.82, 2.24) is 0 Å². The number of nitrogens with zero attached hydrogens (tertiary/aromatic N) is 1. The van der Waals surface area contributed by atoms with E-state index in [0.29, 0.717) is 23.4 Å². The number of hydrogen-bond acceptors (Lipinski definition) is 4. The highest BCUT2D eigenvalue weighted by atomic mass is 19.1. The first-order chi connectivity index (χ1) is 13.3. The number of aliphatic hydroxyl groups is 1. The molecule has 5 nitrogen and oxygen atoms in total. The fourth-order valence-electron chi connectivity index (χ4n) is 3.50. The molecule has 3 rings (SSSR count). The summed E-state index contributed by atoms with van der Waals surface area (Å²) in [5, 5.41) is 22.5. The van der Waals surface area contributed by atoms with E-state index in [-0.39, 0.29) is 18.2 Å². The number of cyclic esters (lactones) is 1. The normalized spacial score (nSPS) is 20.0. The Kier molecular flexibility index (Phi) is 5.79. The Morgan fingerprint density at radius 1 is 1.32 bits per heavy atom. The fourth-order valence-corrected chi connectivity index (χ4v) is 3.50. The van der Waals surface area contributed by atoms with Gasteiger partial charge in [-0.3, -0.25) is 4.79 Å². The van der Waals surface area contributed by atoms with Crippen LogP contribution in [0.25, 0.3) is 17.2 Å². The molecule has 0 aliphatic carbocycles. The minimum Gasteiger partial charge on any atom is -0.618 e. The van der Waals surface area contributed by atoms with E-state index in [2.05, 4.69) is 0 Å². The number of carbonyl (C=O) groups is 1. The molecular formula is C22H24FNO4. The number of carbonyl (C=O) groups excluding carboxylic acids is 1. The molecule has 2 atom stereocenters. The maximum absolute atomic E-state index is 13.4. The van der Waals surface area contributed by atoms with Gasteiger partial charge in [0, 0.05) is 30.9 Å². The van der Waals surface area contributed by atoms with Crippen molar-refractivity contribution in [2.24, 2.45) is 0 Å². The standard InChI is InChI=1S/C22H24FNO4/c1-13(2)22-19(9-8-18-11-17(25)12-21(26)28-18)20(10-14(3)24(22)27)15-4-6-16(23)7-5-15/h4-10,13,17-18,25H,11-12H2,1-3H3/b9-8+/t17-,18-/m1/s1. The first-order valence-corrected chi connectivity index (χ1v) is 9.35. The lowest BCUT2D eigenvalue weighted by molar-refractivity contribution is -0.622. The van der Waals surface area contributed by atoms with Gasteiger partial charge in [0.25, 0.3) is 0 Å². The third kappa shape index (κ3) is 4.22. The van der Waals surface area contributed by atoms with Gasteiger partial charge in [-0.25, -0.2) is 4.39 Å². The number of aliphatic hydroxyl groups excluding tert-OH is 1. The van der Waals surface area contributed by atoms with Crippen molar-refractivity contribution >= 4 is 12.0 Å². The molecule has 2 heterocycles. The van der Waals surface area contributed by atoms with Gasteiger partial charge in [-0.05, 0) is 29.8 Å². The summed E-state index contributed by atoms with van der Waals surface area (Å²) < 4.78 is 19.6. The Labute approximate surface area is 163 Å². The quantitative estimate of drug-likeness (QED) is 0.495. The summed E-state index contributed by atoms with van der Waals surface area (Å²) in [6, 6.07) is 7.87. The second-order valence-corrected chi connectivity index (χ2v) is 7.44. The lowest BCUT2D eigenvalue weighted by Gasteiger charge is -2.23. The zero-order valence-corrected chi connectivity index (χ0v) is 16.2. The van der Waals surface area contributed by atoms with Crippen LogP contribution >= 0.6 is 0 Å². The molecule has 1 N–H and O–H groups in total. The summed E-state index contributed by atoms with van der Waals surface area (Å²) in [5.41, 5.74) is 3.40. The topological polar surface area (TPSA) is 73.5 Å². The van der Waals surface area contributed by atoms with Crippen molar-refractivity contribution in [1.29, 1.82) is 0 Å². The summed E-state index contributed by atoms with van der Waals surface area (Å²) in [4.78, 5) is 11.6. The van der Waals surface area contributed by atoms with Gasteiger partial charge < -0.3 is 15.1 Å². The summed E-state index contributed by atoms with van der Waals surface area (Å²) in [7, 11) is 0. The van der Waals surface area contributed by atoms with Crippen LogP contribution in [0.3, 0.4) is 0 Å². The highest BCUT2D eigenvalue weighted by Crippen LogP contribution is 2.31. The Balaban J connectivity index is 2.11. The van der Waals surface area contributed by atoms with Gasteiger partial charge in [0.2, 0.25) is 5.69 Å². The first kappa shape index (κ1) is 20.0.